The van der Waals surface area contributed by atoms with Crippen molar-refractivity contribution in [1.82, 2.24) is 9.80 Å². The predicted octanol–water partition coefficient (Wildman–Crippen LogP) is 6.21. The molecule has 216 valence electrons. The molecule has 1 aliphatic rings. The molecule has 1 fully saturated rings. The molecule has 3 aromatic rings. The molecule has 0 spiro atoms. The maximum Gasteiger partial charge on any atom is 0.295 e. The summed E-state index contributed by atoms with van der Waals surface area (Å²) < 4.78 is 11.6. The number of benzene rings is 3. The number of likely N-dealkylation sites (tertiary alicyclic amines) is 1. The van der Waals surface area contributed by atoms with E-state index in [-0.39, 0.29) is 11.3 Å². The van der Waals surface area contributed by atoms with Crippen molar-refractivity contribution in [2.75, 3.05) is 32.8 Å². The van der Waals surface area contributed by atoms with Crippen LogP contribution >= 0.6 is 0 Å². The number of Topliss-reactive ketones (excluding diaryl/α,β-unsaturated/α-hetero) is 1. The number of carbonyl (C=O) groups is 2. The van der Waals surface area contributed by atoms with E-state index >= 15 is 0 Å². The van der Waals surface area contributed by atoms with Crippen LogP contribution in [0, 0.1) is 0 Å². The molecule has 3 aromatic carbocycles. The molecule has 7 heteroatoms. The lowest BCUT2D eigenvalue weighted by Gasteiger charge is -2.27. The van der Waals surface area contributed by atoms with E-state index < -0.39 is 17.7 Å². The molecule has 0 unspecified atom stereocenters. The number of ketones is 1. The molecule has 0 aromatic heterocycles. The van der Waals surface area contributed by atoms with Crippen molar-refractivity contribution in [3.63, 3.8) is 0 Å². The lowest BCUT2D eigenvalue weighted by molar-refractivity contribution is -0.140. The Morgan fingerprint density at radius 1 is 0.854 bits per heavy atom. The van der Waals surface area contributed by atoms with Gasteiger partial charge in [-0.3, -0.25) is 9.59 Å². The molecule has 1 N–H and O–H groups in total. The van der Waals surface area contributed by atoms with E-state index in [2.05, 4.69) is 18.7 Å². The monoisotopic (exact) mass is 556 g/mol. The van der Waals surface area contributed by atoms with Gasteiger partial charge in [0.1, 0.15) is 23.9 Å². The molecule has 1 atom stereocenters. The van der Waals surface area contributed by atoms with Crippen molar-refractivity contribution in [1.29, 1.82) is 0 Å². The summed E-state index contributed by atoms with van der Waals surface area (Å²) in [6.45, 7) is 10.3. The standard InChI is InChI=1S/C34H40N2O5/c1-4-23-40-28-17-13-26(14-18-28)31-30(33(38)34(39)36(31)22-10-21-35(5-2)6-3)32(37)27-15-19-29(20-16-27)41-24-25-11-8-7-9-12-25/h7-9,11-20,31,37H,4-6,10,21-24H2,1-3H3/t31-/m1/s1. The second-order valence-electron chi connectivity index (χ2n) is 10.1. The molecule has 1 amide bonds. The number of ether oxygens (including phenoxy) is 2. The van der Waals surface area contributed by atoms with E-state index in [0.717, 1.165) is 49.4 Å². The summed E-state index contributed by atoms with van der Waals surface area (Å²) in [5.41, 5.74) is 2.34. The molecule has 7 nitrogen and oxygen atoms in total. The van der Waals surface area contributed by atoms with Crippen molar-refractivity contribution < 1.29 is 24.2 Å². The average Bonchev–Trinajstić information content (AvgIpc) is 3.26. The van der Waals surface area contributed by atoms with E-state index in [4.69, 9.17) is 9.47 Å². The van der Waals surface area contributed by atoms with E-state index in [1.807, 2.05) is 61.5 Å². The minimum atomic E-state index is -0.694. The zero-order chi connectivity index (χ0) is 29.2. The van der Waals surface area contributed by atoms with Gasteiger partial charge in [-0.05, 0) is 80.0 Å². The van der Waals surface area contributed by atoms with Gasteiger partial charge in [0.05, 0.1) is 18.2 Å². The molecule has 0 radical (unpaired) electrons. The minimum Gasteiger partial charge on any atom is -0.507 e. The molecule has 1 aliphatic heterocycles. The first-order valence-electron chi connectivity index (χ1n) is 14.5. The molecule has 0 aliphatic carbocycles. The summed E-state index contributed by atoms with van der Waals surface area (Å²) in [6.07, 6.45) is 1.61. The predicted molar refractivity (Wildman–Crippen MR) is 161 cm³/mol. The zero-order valence-corrected chi connectivity index (χ0v) is 24.2. The van der Waals surface area contributed by atoms with Crippen LogP contribution in [-0.4, -0.2) is 59.4 Å². The second-order valence-corrected chi connectivity index (χ2v) is 10.1. The minimum absolute atomic E-state index is 0.0954. The Kier molecular flexibility index (Phi) is 10.6. The summed E-state index contributed by atoms with van der Waals surface area (Å²) in [5.74, 6) is -0.0987. The molecular weight excluding hydrogens is 516 g/mol. The fourth-order valence-electron chi connectivity index (χ4n) is 5.03. The van der Waals surface area contributed by atoms with Crippen molar-refractivity contribution in [3.8, 4) is 11.5 Å². The molecular formula is C34H40N2O5. The summed E-state index contributed by atoms with van der Waals surface area (Å²) in [4.78, 5) is 30.6. The Morgan fingerprint density at radius 3 is 2.12 bits per heavy atom. The van der Waals surface area contributed by atoms with Crippen molar-refractivity contribution in [2.24, 2.45) is 0 Å². The van der Waals surface area contributed by atoms with Crippen LogP contribution in [-0.2, 0) is 16.2 Å². The van der Waals surface area contributed by atoms with Crippen LogP contribution in [0.1, 0.15) is 56.3 Å². The van der Waals surface area contributed by atoms with Gasteiger partial charge in [0.15, 0.2) is 0 Å². The third kappa shape index (κ3) is 7.35. The highest BCUT2D eigenvalue weighted by atomic mass is 16.5. The lowest BCUT2D eigenvalue weighted by Crippen LogP contribution is -2.33. The number of rotatable bonds is 14. The SMILES string of the molecule is CCCOc1ccc([C@@H]2C(=C(O)c3ccc(OCc4ccccc4)cc3)C(=O)C(=O)N2CCCN(CC)CC)cc1. The van der Waals surface area contributed by atoms with Crippen molar-refractivity contribution in [2.45, 2.75) is 46.3 Å². The Balaban J connectivity index is 1.62. The number of carbonyl (C=O) groups excluding carboxylic acids is 2. The summed E-state index contributed by atoms with van der Waals surface area (Å²) >= 11 is 0. The highest BCUT2D eigenvalue weighted by Gasteiger charge is 2.45. The second kappa shape index (κ2) is 14.5. The van der Waals surface area contributed by atoms with Crippen LogP contribution in [0.15, 0.2) is 84.4 Å². The Bertz CT molecular complexity index is 1320. The van der Waals surface area contributed by atoms with Gasteiger partial charge in [0.25, 0.3) is 11.7 Å². The molecule has 41 heavy (non-hydrogen) atoms. The first-order valence-corrected chi connectivity index (χ1v) is 14.5. The summed E-state index contributed by atoms with van der Waals surface area (Å²) in [5, 5.41) is 11.4. The molecule has 0 saturated carbocycles. The molecule has 0 bridgehead atoms. The highest BCUT2D eigenvalue weighted by molar-refractivity contribution is 6.46. The molecule has 1 heterocycles. The number of hydrogen-bond acceptors (Lipinski definition) is 6. The van der Waals surface area contributed by atoms with Crippen molar-refractivity contribution in [3.05, 3.63) is 101 Å². The third-order valence-corrected chi connectivity index (χ3v) is 7.35. The van der Waals surface area contributed by atoms with Gasteiger partial charge in [-0.15, -0.1) is 0 Å². The highest BCUT2D eigenvalue weighted by Crippen LogP contribution is 2.40. The van der Waals surface area contributed by atoms with E-state index in [0.29, 0.717) is 31.1 Å². The average molecular weight is 557 g/mol. The van der Waals surface area contributed by atoms with E-state index in [1.165, 1.54) is 0 Å². The van der Waals surface area contributed by atoms with Crippen molar-refractivity contribution >= 4 is 17.4 Å². The van der Waals surface area contributed by atoms with E-state index in [1.54, 1.807) is 29.2 Å². The van der Waals surface area contributed by atoms with Gasteiger partial charge < -0.3 is 24.4 Å². The van der Waals surface area contributed by atoms with Crippen LogP contribution in [0.3, 0.4) is 0 Å². The zero-order valence-electron chi connectivity index (χ0n) is 24.2. The van der Waals surface area contributed by atoms with E-state index in [9.17, 15) is 14.7 Å². The van der Waals surface area contributed by atoms with Crippen LogP contribution in [0.25, 0.3) is 5.76 Å². The number of aliphatic hydroxyl groups excluding tert-OH is 1. The van der Waals surface area contributed by atoms with Crippen LogP contribution < -0.4 is 9.47 Å². The first kappa shape index (κ1) is 29.9. The lowest BCUT2D eigenvalue weighted by atomic mass is 9.95. The maximum absolute atomic E-state index is 13.4. The third-order valence-electron chi connectivity index (χ3n) is 7.35. The van der Waals surface area contributed by atoms with Crippen LogP contribution in [0.2, 0.25) is 0 Å². The number of amides is 1. The number of nitrogens with zero attached hydrogens (tertiary/aromatic N) is 2. The normalized spacial score (nSPS) is 16.4. The number of aliphatic hydroxyl groups is 1. The van der Waals surface area contributed by atoms with Crippen LogP contribution in [0.4, 0.5) is 0 Å². The van der Waals surface area contributed by atoms with Gasteiger partial charge in [0.2, 0.25) is 0 Å². The smallest absolute Gasteiger partial charge is 0.295 e. The Hall–Kier alpha value is -4.10. The van der Waals surface area contributed by atoms with Gasteiger partial charge in [-0.1, -0.05) is 63.2 Å². The topological polar surface area (TPSA) is 79.3 Å². The Labute approximate surface area is 243 Å². The first-order chi connectivity index (χ1) is 20.0. The van der Waals surface area contributed by atoms with Gasteiger partial charge in [-0.25, -0.2) is 0 Å². The summed E-state index contributed by atoms with van der Waals surface area (Å²) in [6, 6.07) is 23.5. The quantitative estimate of drug-likeness (QED) is 0.145. The van der Waals surface area contributed by atoms with Gasteiger partial charge >= 0.3 is 0 Å². The molecule has 1 saturated heterocycles. The largest absolute Gasteiger partial charge is 0.507 e. The molecule has 4 rings (SSSR count). The summed E-state index contributed by atoms with van der Waals surface area (Å²) in [7, 11) is 0. The number of hydrogen-bond donors (Lipinski definition) is 1. The maximum atomic E-state index is 13.4. The fraction of sp³-hybridized carbons (Fsp3) is 0.353. The van der Waals surface area contributed by atoms with Gasteiger partial charge in [0, 0.05) is 12.1 Å². The fourth-order valence-corrected chi connectivity index (χ4v) is 5.03. The van der Waals surface area contributed by atoms with Crippen LogP contribution in [0.5, 0.6) is 11.5 Å². The van der Waals surface area contributed by atoms with Gasteiger partial charge in [-0.2, -0.15) is 0 Å². The Morgan fingerprint density at radius 2 is 1.49 bits per heavy atom.